The molecule has 0 spiro atoms. The van der Waals surface area contributed by atoms with Crippen molar-refractivity contribution >= 4 is 12.2 Å². The van der Waals surface area contributed by atoms with Gasteiger partial charge in [0.2, 0.25) is 11.8 Å². The van der Waals surface area contributed by atoms with Crippen LogP contribution in [0.1, 0.15) is 73.6 Å². The third kappa shape index (κ3) is 4.48. The zero-order chi connectivity index (χ0) is 18.5. The molecule has 0 aliphatic carbocycles. The lowest BCUT2D eigenvalue weighted by Gasteiger charge is -2.08. The minimum atomic E-state index is 0.475. The van der Waals surface area contributed by atoms with Gasteiger partial charge in [0.1, 0.15) is 0 Å². The topological polar surface area (TPSA) is 38.9 Å². The second kappa shape index (κ2) is 8.13. The second-order valence-corrected chi connectivity index (χ2v) is 7.22. The Balaban J connectivity index is 1.70. The Morgan fingerprint density at radius 1 is 0.846 bits per heavy atom. The van der Waals surface area contributed by atoms with Gasteiger partial charge >= 0.3 is 0 Å². The number of aromatic nitrogens is 2. The van der Waals surface area contributed by atoms with Crippen LogP contribution in [0.2, 0.25) is 0 Å². The fourth-order valence-electron chi connectivity index (χ4n) is 2.95. The lowest BCUT2D eigenvalue weighted by molar-refractivity contribution is 0.496. The Kier molecular flexibility index (Phi) is 5.67. The summed E-state index contributed by atoms with van der Waals surface area (Å²) < 4.78 is 5.78. The Bertz CT molecular complexity index is 873. The lowest BCUT2D eigenvalue weighted by Crippen LogP contribution is -1.91. The fraction of sp³-hybridized carbons (Fsp3) is 0.304. The van der Waals surface area contributed by atoms with Crippen molar-refractivity contribution in [2.75, 3.05) is 0 Å². The van der Waals surface area contributed by atoms with E-state index in [0.717, 1.165) is 0 Å². The van der Waals surface area contributed by atoms with Crippen molar-refractivity contribution in [1.82, 2.24) is 10.2 Å². The molecular weight excluding hydrogens is 320 g/mol. The van der Waals surface area contributed by atoms with Crippen LogP contribution in [0.25, 0.3) is 12.2 Å². The van der Waals surface area contributed by atoms with E-state index in [-0.39, 0.29) is 0 Å². The van der Waals surface area contributed by atoms with E-state index in [1.807, 2.05) is 18.2 Å². The molecule has 26 heavy (non-hydrogen) atoms. The van der Waals surface area contributed by atoms with Gasteiger partial charge in [0.25, 0.3) is 0 Å². The van der Waals surface area contributed by atoms with Crippen molar-refractivity contribution < 1.29 is 4.42 Å². The van der Waals surface area contributed by atoms with Gasteiger partial charge in [0.05, 0.1) is 6.42 Å². The highest BCUT2D eigenvalue weighted by molar-refractivity contribution is 5.68. The molecular formula is C23H26N2O. The number of benzene rings is 2. The molecule has 0 N–H and O–H groups in total. The highest BCUT2D eigenvalue weighted by Gasteiger charge is 2.07. The minimum Gasteiger partial charge on any atom is -0.421 e. The summed E-state index contributed by atoms with van der Waals surface area (Å²) in [6.45, 7) is 8.79. The fourth-order valence-corrected chi connectivity index (χ4v) is 2.95. The maximum atomic E-state index is 5.78. The first kappa shape index (κ1) is 18.1. The van der Waals surface area contributed by atoms with Gasteiger partial charge in [-0.05, 0) is 40.2 Å². The van der Waals surface area contributed by atoms with E-state index in [4.69, 9.17) is 4.42 Å². The molecule has 0 aliphatic rings. The van der Waals surface area contributed by atoms with Gasteiger partial charge in [-0.15, -0.1) is 10.2 Å². The molecule has 0 unspecified atom stereocenters. The van der Waals surface area contributed by atoms with E-state index in [2.05, 4.69) is 80.4 Å². The largest absolute Gasteiger partial charge is 0.421 e. The average Bonchev–Trinajstić information content (AvgIpc) is 3.08. The first-order valence-electron chi connectivity index (χ1n) is 9.21. The van der Waals surface area contributed by atoms with Crippen molar-refractivity contribution in [2.45, 2.75) is 46.0 Å². The normalized spacial score (nSPS) is 11.8. The monoisotopic (exact) mass is 346 g/mol. The highest BCUT2D eigenvalue weighted by atomic mass is 16.4. The van der Waals surface area contributed by atoms with E-state index in [1.54, 1.807) is 0 Å². The standard InChI is InChI=1S/C23H26N2O/c1-16(2)19-11-9-18(10-12-19)15-23-25-24-22(26-23)14-13-20-7-5-6-8-21(20)17(3)4/h5-14,16-17H,15H2,1-4H3/b14-13+. The second-order valence-electron chi connectivity index (χ2n) is 7.22. The summed E-state index contributed by atoms with van der Waals surface area (Å²) in [6, 6.07) is 17.0. The first-order chi connectivity index (χ1) is 12.5. The molecule has 1 heterocycles. The van der Waals surface area contributed by atoms with Gasteiger partial charge in [-0.25, -0.2) is 0 Å². The maximum Gasteiger partial charge on any atom is 0.240 e. The number of nitrogens with zero attached hydrogens (tertiary/aromatic N) is 2. The van der Waals surface area contributed by atoms with Crippen LogP contribution in [0.15, 0.2) is 52.9 Å². The number of rotatable bonds is 6. The van der Waals surface area contributed by atoms with Crippen LogP contribution in [0.5, 0.6) is 0 Å². The van der Waals surface area contributed by atoms with Crippen LogP contribution in [0.4, 0.5) is 0 Å². The predicted molar refractivity (Wildman–Crippen MR) is 107 cm³/mol. The van der Waals surface area contributed by atoms with E-state index < -0.39 is 0 Å². The Labute approximate surface area is 155 Å². The molecule has 1 aromatic heterocycles. The van der Waals surface area contributed by atoms with Gasteiger partial charge < -0.3 is 4.42 Å². The van der Waals surface area contributed by atoms with Crippen LogP contribution < -0.4 is 0 Å². The quantitative estimate of drug-likeness (QED) is 0.543. The molecule has 3 rings (SSSR count). The van der Waals surface area contributed by atoms with Crippen LogP contribution in [-0.4, -0.2) is 10.2 Å². The summed E-state index contributed by atoms with van der Waals surface area (Å²) in [6.07, 6.45) is 4.59. The molecule has 0 aliphatic heterocycles. The summed E-state index contributed by atoms with van der Waals surface area (Å²) in [4.78, 5) is 0. The van der Waals surface area contributed by atoms with Crippen molar-refractivity contribution in [3.05, 3.63) is 82.6 Å². The summed E-state index contributed by atoms with van der Waals surface area (Å²) in [5.41, 5.74) is 5.02. The smallest absolute Gasteiger partial charge is 0.240 e. The molecule has 134 valence electrons. The maximum absolute atomic E-state index is 5.78. The highest BCUT2D eigenvalue weighted by Crippen LogP contribution is 2.21. The summed E-state index contributed by atoms with van der Waals surface area (Å²) >= 11 is 0. The van der Waals surface area contributed by atoms with Gasteiger partial charge in [-0.2, -0.15) is 0 Å². The van der Waals surface area contributed by atoms with Crippen molar-refractivity contribution in [3.8, 4) is 0 Å². The molecule has 0 saturated heterocycles. The summed E-state index contributed by atoms with van der Waals surface area (Å²) in [5.74, 6) is 2.19. The molecule has 0 bridgehead atoms. The zero-order valence-electron chi connectivity index (χ0n) is 15.9. The molecule has 3 aromatic rings. The van der Waals surface area contributed by atoms with Crippen molar-refractivity contribution in [3.63, 3.8) is 0 Å². The molecule has 0 fully saturated rings. The Morgan fingerprint density at radius 3 is 2.27 bits per heavy atom. The summed E-state index contributed by atoms with van der Waals surface area (Å²) in [7, 11) is 0. The van der Waals surface area contributed by atoms with Crippen molar-refractivity contribution in [2.24, 2.45) is 0 Å². The summed E-state index contributed by atoms with van der Waals surface area (Å²) in [5, 5.41) is 8.32. The zero-order valence-corrected chi connectivity index (χ0v) is 15.9. The van der Waals surface area contributed by atoms with E-state index in [0.29, 0.717) is 30.0 Å². The van der Waals surface area contributed by atoms with Crippen LogP contribution in [0.3, 0.4) is 0 Å². The molecule has 3 nitrogen and oxygen atoms in total. The molecule has 3 heteroatoms. The van der Waals surface area contributed by atoms with Gasteiger partial charge in [0.15, 0.2) is 0 Å². The van der Waals surface area contributed by atoms with Crippen LogP contribution >= 0.6 is 0 Å². The number of hydrogen-bond donors (Lipinski definition) is 0. The molecule has 0 amide bonds. The Hall–Kier alpha value is -2.68. The lowest BCUT2D eigenvalue weighted by atomic mass is 9.97. The predicted octanol–water partition coefficient (Wildman–Crippen LogP) is 6.08. The first-order valence-corrected chi connectivity index (χ1v) is 9.21. The third-order valence-electron chi connectivity index (χ3n) is 4.51. The van der Waals surface area contributed by atoms with Crippen molar-refractivity contribution in [1.29, 1.82) is 0 Å². The molecule has 0 atom stereocenters. The van der Waals surface area contributed by atoms with Crippen LogP contribution in [0, 0.1) is 0 Å². The van der Waals surface area contributed by atoms with Gasteiger partial charge in [0, 0.05) is 6.08 Å². The van der Waals surface area contributed by atoms with Gasteiger partial charge in [-0.3, -0.25) is 0 Å². The van der Waals surface area contributed by atoms with E-state index in [9.17, 15) is 0 Å². The number of hydrogen-bond acceptors (Lipinski definition) is 3. The molecule has 0 saturated carbocycles. The SMILES string of the molecule is CC(C)c1ccc(Cc2nnc(/C=C/c3ccccc3C(C)C)o2)cc1. The third-order valence-corrected chi connectivity index (χ3v) is 4.51. The van der Waals surface area contributed by atoms with E-state index in [1.165, 1.54) is 22.3 Å². The molecule has 0 radical (unpaired) electrons. The van der Waals surface area contributed by atoms with Gasteiger partial charge in [-0.1, -0.05) is 76.2 Å². The van der Waals surface area contributed by atoms with E-state index >= 15 is 0 Å². The minimum absolute atomic E-state index is 0.475. The molecule has 2 aromatic carbocycles. The Morgan fingerprint density at radius 2 is 1.58 bits per heavy atom. The van der Waals surface area contributed by atoms with Crippen LogP contribution in [-0.2, 0) is 6.42 Å². The average molecular weight is 346 g/mol.